The molecule has 2 aliphatic carbocycles. The van der Waals surface area contributed by atoms with Gasteiger partial charge in [-0.15, -0.1) is 0 Å². The molecule has 2 saturated carbocycles. The number of cyclic esters (lactones) is 1. The quantitative estimate of drug-likeness (QED) is 0.400. The maximum Gasteiger partial charge on any atom is 0.347 e. The fourth-order valence-electron chi connectivity index (χ4n) is 4.50. The summed E-state index contributed by atoms with van der Waals surface area (Å²) in [5, 5.41) is 0. The first-order valence-electron chi connectivity index (χ1n) is 8.32. The summed E-state index contributed by atoms with van der Waals surface area (Å²) >= 11 is 0. The Labute approximate surface area is 143 Å². The van der Waals surface area contributed by atoms with Gasteiger partial charge in [-0.05, 0) is 13.3 Å². The molecule has 4 rings (SSSR count). The minimum atomic E-state index is -0.934. The molecule has 0 radical (unpaired) electrons. The lowest BCUT2D eigenvalue weighted by Crippen LogP contribution is -2.44. The van der Waals surface area contributed by atoms with Crippen molar-refractivity contribution < 1.29 is 38.1 Å². The van der Waals surface area contributed by atoms with Crippen molar-refractivity contribution >= 4 is 23.9 Å². The van der Waals surface area contributed by atoms with Gasteiger partial charge in [-0.25, -0.2) is 9.59 Å². The van der Waals surface area contributed by atoms with Gasteiger partial charge in [0.15, 0.2) is 0 Å². The van der Waals surface area contributed by atoms with E-state index in [4.69, 9.17) is 18.9 Å². The van der Waals surface area contributed by atoms with Gasteiger partial charge in [0.05, 0.1) is 18.4 Å². The molecule has 0 aromatic carbocycles. The number of esters is 4. The smallest absolute Gasteiger partial charge is 0.347 e. The maximum absolute atomic E-state index is 12.6. The highest BCUT2D eigenvalue weighted by molar-refractivity contribution is 5.89. The number of carbonyl (C=O) groups is 4. The molecule has 2 saturated heterocycles. The summed E-state index contributed by atoms with van der Waals surface area (Å²) in [4.78, 5) is 48.2. The van der Waals surface area contributed by atoms with E-state index in [1.165, 1.54) is 6.92 Å². The van der Waals surface area contributed by atoms with Crippen molar-refractivity contribution in [2.45, 2.75) is 38.1 Å². The Morgan fingerprint density at radius 2 is 1.92 bits per heavy atom. The van der Waals surface area contributed by atoms with Crippen LogP contribution in [0.1, 0.15) is 19.8 Å². The average molecular weight is 350 g/mol. The monoisotopic (exact) mass is 350 g/mol. The lowest BCUT2D eigenvalue weighted by atomic mass is 9.78. The molecule has 0 amide bonds. The molecule has 134 valence electrons. The third kappa shape index (κ3) is 2.34. The summed E-state index contributed by atoms with van der Waals surface area (Å²) in [6, 6.07) is 0. The van der Waals surface area contributed by atoms with Crippen LogP contribution in [0.25, 0.3) is 0 Å². The van der Waals surface area contributed by atoms with E-state index in [2.05, 4.69) is 6.58 Å². The molecule has 25 heavy (non-hydrogen) atoms. The van der Waals surface area contributed by atoms with Crippen LogP contribution in [0, 0.1) is 23.7 Å². The summed E-state index contributed by atoms with van der Waals surface area (Å²) in [5.41, 5.74) is 0.233. The summed E-state index contributed by atoms with van der Waals surface area (Å²) in [5.74, 6) is -4.16. The van der Waals surface area contributed by atoms with Crippen LogP contribution < -0.4 is 0 Å². The maximum atomic E-state index is 12.6. The van der Waals surface area contributed by atoms with E-state index in [-0.39, 0.29) is 24.0 Å². The van der Waals surface area contributed by atoms with E-state index in [9.17, 15) is 19.2 Å². The third-order valence-electron chi connectivity index (χ3n) is 5.56. The number of hydrogen-bond acceptors (Lipinski definition) is 8. The first-order valence-corrected chi connectivity index (χ1v) is 8.32. The second-order valence-corrected chi connectivity index (χ2v) is 7.05. The first kappa shape index (κ1) is 16.1. The van der Waals surface area contributed by atoms with Crippen LogP contribution in [-0.2, 0) is 38.1 Å². The van der Waals surface area contributed by atoms with Crippen molar-refractivity contribution in [2.75, 3.05) is 6.61 Å². The second kappa shape index (κ2) is 5.57. The van der Waals surface area contributed by atoms with Crippen LogP contribution in [0.5, 0.6) is 0 Å². The van der Waals surface area contributed by atoms with Gasteiger partial charge in [0.2, 0.25) is 6.10 Å². The van der Waals surface area contributed by atoms with Gasteiger partial charge < -0.3 is 18.9 Å². The zero-order valence-corrected chi connectivity index (χ0v) is 13.6. The molecule has 0 N–H and O–H groups in total. The molecular formula is C17H18O8. The van der Waals surface area contributed by atoms with Crippen LogP contribution in [-0.4, -0.2) is 48.8 Å². The minimum Gasteiger partial charge on any atom is -0.463 e. The van der Waals surface area contributed by atoms with Crippen LogP contribution in [0.3, 0.4) is 0 Å². The molecule has 2 heterocycles. The number of rotatable bonds is 4. The predicted molar refractivity (Wildman–Crippen MR) is 78.6 cm³/mol. The molecule has 0 aromatic rings. The zero-order chi connectivity index (χ0) is 17.9. The highest BCUT2D eigenvalue weighted by Crippen LogP contribution is 2.59. The van der Waals surface area contributed by atoms with Gasteiger partial charge in [-0.3, -0.25) is 9.59 Å². The highest BCUT2D eigenvalue weighted by Gasteiger charge is 2.70. The molecule has 2 bridgehead atoms. The van der Waals surface area contributed by atoms with Crippen molar-refractivity contribution in [2.24, 2.45) is 23.7 Å². The Morgan fingerprint density at radius 3 is 2.56 bits per heavy atom. The topological polar surface area (TPSA) is 105 Å². The molecule has 4 aliphatic rings. The minimum absolute atomic E-state index is 0.173. The standard InChI is InChI=1S/C17H18O8/c1-6(2)14(18)24-12-7-5-8-11(17(21)25-13(8)12)10(7)16(20)23-9-3-4-22-15(9)19/h7-13H,1,3-5H2,2H3. The number of hydrogen-bond donors (Lipinski definition) is 0. The summed E-state index contributed by atoms with van der Waals surface area (Å²) in [6.45, 7) is 5.27. The van der Waals surface area contributed by atoms with E-state index in [1.807, 2.05) is 0 Å². The molecule has 0 spiro atoms. The van der Waals surface area contributed by atoms with Gasteiger partial charge >= 0.3 is 23.9 Å². The molecule has 8 heteroatoms. The van der Waals surface area contributed by atoms with Crippen molar-refractivity contribution in [3.8, 4) is 0 Å². The van der Waals surface area contributed by atoms with Crippen LogP contribution >= 0.6 is 0 Å². The molecule has 4 fully saturated rings. The van der Waals surface area contributed by atoms with E-state index in [0.717, 1.165) is 0 Å². The Hall–Kier alpha value is -2.38. The summed E-state index contributed by atoms with van der Waals surface area (Å²) < 4.78 is 20.9. The van der Waals surface area contributed by atoms with Crippen molar-refractivity contribution in [1.82, 2.24) is 0 Å². The van der Waals surface area contributed by atoms with Crippen LogP contribution in [0.4, 0.5) is 0 Å². The fraction of sp³-hybridized carbons (Fsp3) is 0.647. The lowest BCUT2D eigenvalue weighted by molar-refractivity contribution is -0.170. The largest absolute Gasteiger partial charge is 0.463 e. The van der Waals surface area contributed by atoms with E-state index in [1.54, 1.807) is 0 Å². The Morgan fingerprint density at radius 1 is 1.16 bits per heavy atom. The lowest BCUT2D eigenvalue weighted by Gasteiger charge is -2.30. The SMILES string of the molecule is C=C(C)C(=O)OC1C2CC3C1OC(=O)C3C2C(=O)OC1CCOC1=O. The first-order chi connectivity index (χ1) is 11.9. The highest BCUT2D eigenvalue weighted by atomic mass is 16.6. The number of ether oxygens (including phenoxy) is 4. The van der Waals surface area contributed by atoms with E-state index < -0.39 is 54.0 Å². The Kier molecular flexibility index (Phi) is 3.59. The summed E-state index contributed by atoms with van der Waals surface area (Å²) in [7, 11) is 0. The molecule has 2 aliphatic heterocycles. The average Bonchev–Trinajstić information content (AvgIpc) is 3.25. The Balaban J connectivity index is 1.54. The predicted octanol–water partition coefficient (Wildman–Crippen LogP) is 0.140. The summed E-state index contributed by atoms with van der Waals surface area (Å²) in [6.07, 6.45) is -1.30. The molecule has 7 atom stereocenters. The molecule has 7 unspecified atom stereocenters. The van der Waals surface area contributed by atoms with E-state index >= 15 is 0 Å². The van der Waals surface area contributed by atoms with Crippen molar-refractivity contribution in [3.63, 3.8) is 0 Å². The van der Waals surface area contributed by atoms with E-state index in [0.29, 0.717) is 12.8 Å². The number of carbonyl (C=O) groups excluding carboxylic acids is 4. The van der Waals surface area contributed by atoms with Gasteiger partial charge in [-0.2, -0.15) is 0 Å². The fourth-order valence-corrected chi connectivity index (χ4v) is 4.50. The molecule has 8 nitrogen and oxygen atoms in total. The van der Waals surface area contributed by atoms with Gasteiger partial charge in [-0.1, -0.05) is 6.58 Å². The molecular weight excluding hydrogens is 332 g/mol. The third-order valence-corrected chi connectivity index (χ3v) is 5.56. The normalized spacial score (nSPS) is 40.6. The molecule has 0 aromatic heterocycles. The zero-order valence-electron chi connectivity index (χ0n) is 13.6. The van der Waals surface area contributed by atoms with Gasteiger partial charge in [0, 0.05) is 23.8 Å². The Bertz CT molecular complexity index is 682. The van der Waals surface area contributed by atoms with Crippen molar-refractivity contribution in [3.05, 3.63) is 12.2 Å². The van der Waals surface area contributed by atoms with Crippen molar-refractivity contribution in [1.29, 1.82) is 0 Å². The van der Waals surface area contributed by atoms with Gasteiger partial charge in [0.1, 0.15) is 12.2 Å². The second-order valence-electron chi connectivity index (χ2n) is 7.05. The van der Waals surface area contributed by atoms with Gasteiger partial charge in [0.25, 0.3) is 0 Å². The number of fused-ring (bicyclic) bond motifs is 1. The van der Waals surface area contributed by atoms with Crippen LogP contribution in [0.2, 0.25) is 0 Å². The van der Waals surface area contributed by atoms with Crippen LogP contribution in [0.15, 0.2) is 12.2 Å².